The van der Waals surface area contributed by atoms with Gasteiger partial charge in [0.25, 0.3) is 0 Å². The van der Waals surface area contributed by atoms with Crippen molar-refractivity contribution in [2.45, 2.75) is 13.0 Å². The second-order valence-electron chi connectivity index (χ2n) is 5.97. The van der Waals surface area contributed by atoms with Gasteiger partial charge in [0.1, 0.15) is 9.71 Å². The van der Waals surface area contributed by atoms with E-state index in [2.05, 4.69) is 18.0 Å². The number of nitrogens with two attached hydrogens (primary N) is 1. The molecule has 0 atom stereocenters. The van der Waals surface area contributed by atoms with Crippen molar-refractivity contribution in [1.82, 2.24) is 9.88 Å². The first-order valence-electron chi connectivity index (χ1n) is 7.62. The number of benzene rings is 1. The molecule has 0 bridgehead atoms. The van der Waals surface area contributed by atoms with Gasteiger partial charge >= 0.3 is 0 Å². The first-order chi connectivity index (χ1) is 11.1. The first-order valence-corrected chi connectivity index (χ1v) is 8.44. The van der Waals surface area contributed by atoms with Gasteiger partial charge in [0, 0.05) is 36.2 Å². The molecule has 1 aliphatic rings. The minimum absolute atomic E-state index is 0.0267. The van der Waals surface area contributed by atoms with Crippen LogP contribution in [0.15, 0.2) is 36.4 Å². The zero-order chi connectivity index (χ0) is 16.0. The average Bonchev–Trinajstić information content (AvgIpc) is 2.89. The summed E-state index contributed by atoms with van der Waals surface area (Å²) >= 11 is 1.40. The number of hydrogen-bond donors (Lipinski definition) is 1. The normalized spacial score (nSPS) is 14.8. The molecular weight excluding hydrogens is 306 g/mol. The lowest BCUT2D eigenvalue weighted by Crippen LogP contribution is -2.27. The molecule has 0 spiro atoms. The van der Waals surface area contributed by atoms with Crippen molar-refractivity contribution in [2.75, 3.05) is 19.3 Å². The molecule has 23 heavy (non-hydrogen) atoms. The number of nitrogens with zero attached hydrogens (tertiary/aromatic N) is 2. The number of fused-ring (bicyclic) bond motifs is 2. The number of carbonyl (C=O) groups excluding carboxylic acids is 1. The number of ketones is 1. The van der Waals surface area contributed by atoms with Crippen LogP contribution in [0.5, 0.6) is 0 Å². The van der Waals surface area contributed by atoms with Crippen LogP contribution >= 0.6 is 11.3 Å². The number of likely N-dealkylation sites (N-methyl/N-ethyl adjacent to an activating group) is 1. The predicted molar refractivity (Wildman–Crippen MR) is 93.9 cm³/mol. The number of carbonyl (C=O) groups is 1. The minimum Gasteiger partial charge on any atom is -0.397 e. The predicted octanol–water partition coefficient (Wildman–Crippen LogP) is 3.10. The maximum Gasteiger partial charge on any atom is 0.205 e. The smallest absolute Gasteiger partial charge is 0.205 e. The van der Waals surface area contributed by atoms with E-state index < -0.39 is 0 Å². The van der Waals surface area contributed by atoms with Crippen LogP contribution in [0.1, 0.15) is 26.5 Å². The molecule has 116 valence electrons. The second-order valence-corrected chi connectivity index (χ2v) is 6.97. The maximum atomic E-state index is 12.7. The van der Waals surface area contributed by atoms with Gasteiger partial charge < -0.3 is 10.6 Å². The number of nitrogen functional groups attached to an aromatic ring is 1. The molecule has 1 aromatic carbocycles. The van der Waals surface area contributed by atoms with Gasteiger partial charge in [-0.15, -0.1) is 11.3 Å². The molecule has 1 aliphatic heterocycles. The standard InChI is InChI=1S/C18H17N3OS/c1-21-8-7-14-12(10-21)9-13-15(19)17(23-18(13)20-14)16(22)11-5-3-2-4-6-11/h2-6,9H,7-8,10,19H2,1H3. The Kier molecular flexibility index (Phi) is 3.39. The van der Waals surface area contributed by atoms with Gasteiger partial charge in [0.15, 0.2) is 0 Å². The van der Waals surface area contributed by atoms with E-state index in [1.165, 1.54) is 16.9 Å². The Balaban J connectivity index is 1.83. The van der Waals surface area contributed by atoms with Crippen molar-refractivity contribution in [1.29, 1.82) is 0 Å². The molecule has 2 aromatic heterocycles. The Bertz CT molecular complexity index is 902. The van der Waals surface area contributed by atoms with Crippen LogP contribution in [0.3, 0.4) is 0 Å². The fourth-order valence-electron chi connectivity index (χ4n) is 3.03. The van der Waals surface area contributed by atoms with Crippen LogP contribution < -0.4 is 5.73 Å². The third-order valence-electron chi connectivity index (χ3n) is 4.30. The lowest BCUT2D eigenvalue weighted by atomic mass is 10.0. The zero-order valence-electron chi connectivity index (χ0n) is 12.9. The summed E-state index contributed by atoms with van der Waals surface area (Å²) in [5.41, 5.74) is 9.85. The van der Waals surface area contributed by atoms with E-state index in [1.54, 1.807) is 0 Å². The van der Waals surface area contributed by atoms with E-state index in [1.807, 2.05) is 30.3 Å². The fraction of sp³-hybridized carbons (Fsp3) is 0.222. The molecule has 5 heteroatoms. The van der Waals surface area contributed by atoms with Gasteiger partial charge in [0.05, 0.1) is 5.69 Å². The lowest BCUT2D eigenvalue weighted by molar-refractivity contribution is 0.104. The zero-order valence-corrected chi connectivity index (χ0v) is 13.7. The van der Waals surface area contributed by atoms with Crippen LogP contribution in [-0.2, 0) is 13.0 Å². The highest BCUT2D eigenvalue weighted by atomic mass is 32.1. The van der Waals surface area contributed by atoms with Crippen molar-refractivity contribution in [3.8, 4) is 0 Å². The molecule has 0 radical (unpaired) electrons. The Morgan fingerprint density at radius 1 is 1.30 bits per heavy atom. The quantitative estimate of drug-likeness (QED) is 0.736. The lowest BCUT2D eigenvalue weighted by Gasteiger charge is -2.24. The summed E-state index contributed by atoms with van der Waals surface area (Å²) in [6.07, 6.45) is 0.946. The number of rotatable bonds is 2. The number of hydrogen-bond acceptors (Lipinski definition) is 5. The highest BCUT2D eigenvalue weighted by molar-refractivity contribution is 7.21. The summed E-state index contributed by atoms with van der Waals surface area (Å²) in [5.74, 6) is -0.0267. The number of thiophene rings is 1. The average molecular weight is 323 g/mol. The summed E-state index contributed by atoms with van der Waals surface area (Å²) in [5, 5.41) is 0.906. The third kappa shape index (κ3) is 2.42. The molecule has 3 heterocycles. The van der Waals surface area contributed by atoms with Crippen molar-refractivity contribution in [3.63, 3.8) is 0 Å². The van der Waals surface area contributed by atoms with Gasteiger partial charge in [-0.1, -0.05) is 30.3 Å². The maximum absolute atomic E-state index is 12.7. The Labute approximate surface area is 138 Å². The summed E-state index contributed by atoms with van der Waals surface area (Å²) in [6.45, 7) is 1.90. The molecular formula is C18H17N3OS. The van der Waals surface area contributed by atoms with Crippen LogP contribution in [0, 0.1) is 0 Å². The van der Waals surface area contributed by atoms with Gasteiger partial charge in [-0.05, 0) is 18.7 Å². The molecule has 0 amide bonds. The van der Waals surface area contributed by atoms with E-state index >= 15 is 0 Å². The minimum atomic E-state index is -0.0267. The van der Waals surface area contributed by atoms with Gasteiger partial charge in [-0.2, -0.15) is 0 Å². The van der Waals surface area contributed by atoms with Gasteiger partial charge in [0.2, 0.25) is 5.78 Å². The Morgan fingerprint density at radius 2 is 2.09 bits per heavy atom. The topological polar surface area (TPSA) is 59.2 Å². The molecule has 2 N–H and O–H groups in total. The molecule has 0 saturated carbocycles. The molecule has 0 unspecified atom stereocenters. The van der Waals surface area contributed by atoms with E-state index in [4.69, 9.17) is 10.7 Å². The van der Waals surface area contributed by atoms with Crippen molar-refractivity contribution < 1.29 is 4.79 Å². The highest BCUT2D eigenvalue weighted by Crippen LogP contribution is 2.36. The molecule has 0 aliphatic carbocycles. The number of aromatic nitrogens is 1. The summed E-state index contributed by atoms with van der Waals surface area (Å²) in [7, 11) is 2.11. The van der Waals surface area contributed by atoms with Crippen LogP contribution in [0.4, 0.5) is 5.69 Å². The van der Waals surface area contributed by atoms with Gasteiger partial charge in [-0.25, -0.2) is 4.98 Å². The highest BCUT2D eigenvalue weighted by Gasteiger charge is 2.22. The second kappa shape index (κ2) is 5.44. The van der Waals surface area contributed by atoms with Crippen LogP contribution in [-0.4, -0.2) is 29.3 Å². The largest absolute Gasteiger partial charge is 0.397 e. The summed E-state index contributed by atoms with van der Waals surface area (Å²) in [4.78, 5) is 21.2. The van der Waals surface area contributed by atoms with Crippen molar-refractivity contribution in [3.05, 3.63) is 58.1 Å². The van der Waals surface area contributed by atoms with E-state index in [9.17, 15) is 4.79 Å². The van der Waals surface area contributed by atoms with E-state index in [0.29, 0.717) is 16.1 Å². The van der Waals surface area contributed by atoms with Gasteiger partial charge in [-0.3, -0.25) is 4.79 Å². The third-order valence-corrected chi connectivity index (χ3v) is 5.42. The summed E-state index contributed by atoms with van der Waals surface area (Å²) in [6, 6.07) is 11.4. The molecule has 3 aromatic rings. The van der Waals surface area contributed by atoms with E-state index in [-0.39, 0.29) is 5.78 Å². The molecule has 4 nitrogen and oxygen atoms in total. The first kappa shape index (κ1) is 14.4. The Hall–Kier alpha value is -2.24. The monoisotopic (exact) mass is 323 g/mol. The van der Waals surface area contributed by atoms with E-state index in [0.717, 1.165) is 35.4 Å². The Morgan fingerprint density at radius 3 is 2.87 bits per heavy atom. The summed E-state index contributed by atoms with van der Waals surface area (Å²) < 4.78 is 0. The number of anilines is 1. The molecule has 0 fully saturated rings. The molecule has 0 saturated heterocycles. The van der Waals surface area contributed by atoms with Crippen molar-refractivity contribution >= 4 is 33.0 Å². The molecule has 4 rings (SSSR count). The number of pyridine rings is 1. The van der Waals surface area contributed by atoms with Crippen LogP contribution in [0.2, 0.25) is 0 Å². The van der Waals surface area contributed by atoms with Crippen molar-refractivity contribution in [2.24, 2.45) is 0 Å². The SMILES string of the molecule is CN1CCc2nc3sc(C(=O)c4ccccc4)c(N)c3cc2C1. The fourth-order valence-corrected chi connectivity index (χ4v) is 4.09. The van der Waals surface area contributed by atoms with Crippen LogP contribution in [0.25, 0.3) is 10.2 Å².